The number of H-pyrrole nitrogens is 1. The average molecular weight is 384 g/mol. The van der Waals surface area contributed by atoms with E-state index in [1.54, 1.807) is 4.90 Å². The molecule has 0 bridgehead atoms. The first-order valence-electron chi connectivity index (χ1n) is 9.88. The SMILES string of the molecule is COC(=O)CCN(CC1C[C@@H]2c3cccc4[nH]cc(c34)C[C@H]2N(C)C1)C(N)=O. The number of nitrogens with one attached hydrogen (secondary N) is 1. The van der Waals surface area contributed by atoms with E-state index < -0.39 is 6.03 Å². The molecule has 1 aromatic carbocycles. The molecule has 7 heteroatoms. The Labute approximate surface area is 164 Å². The second-order valence-electron chi connectivity index (χ2n) is 8.11. The van der Waals surface area contributed by atoms with Gasteiger partial charge < -0.3 is 25.3 Å². The third-order valence-electron chi connectivity index (χ3n) is 6.42. The molecule has 1 saturated heterocycles. The van der Waals surface area contributed by atoms with Gasteiger partial charge in [-0.25, -0.2) is 4.79 Å². The number of urea groups is 1. The van der Waals surface area contributed by atoms with Crippen molar-refractivity contribution in [3.05, 3.63) is 35.5 Å². The number of ether oxygens (including phenoxy) is 1. The summed E-state index contributed by atoms with van der Waals surface area (Å²) in [5.74, 6) is 0.421. The number of aromatic amines is 1. The van der Waals surface area contributed by atoms with Crippen LogP contribution in [0.5, 0.6) is 0 Å². The van der Waals surface area contributed by atoms with Gasteiger partial charge in [-0.3, -0.25) is 4.79 Å². The number of rotatable bonds is 5. The fraction of sp³-hybridized carbons (Fsp3) is 0.524. The summed E-state index contributed by atoms with van der Waals surface area (Å²) >= 11 is 0. The average Bonchev–Trinajstić information content (AvgIpc) is 3.10. The molecule has 1 fully saturated rings. The third kappa shape index (κ3) is 3.35. The number of carbonyl (C=O) groups is 2. The number of fused-ring (bicyclic) bond motifs is 2. The zero-order valence-corrected chi connectivity index (χ0v) is 16.5. The Morgan fingerprint density at radius 2 is 2.21 bits per heavy atom. The number of hydrogen-bond acceptors (Lipinski definition) is 4. The van der Waals surface area contributed by atoms with Crippen LogP contribution in [-0.4, -0.2) is 66.6 Å². The number of nitrogens with zero attached hydrogens (tertiary/aromatic N) is 2. The van der Waals surface area contributed by atoms with Crippen LogP contribution in [0.25, 0.3) is 10.9 Å². The number of likely N-dealkylation sites (N-methyl/N-ethyl adjacent to an activating group) is 1. The molecular weight excluding hydrogens is 356 g/mol. The Morgan fingerprint density at radius 3 is 2.96 bits per heavy atom. The van der Waals surface area contributed by atoms with Gasteiger partial charge in [0, 0.05) is 48.7 Å². The number of piperidine rings is 1. The van der Waals surface area contributed by atoms with Crippen LogP contribution < -0.4 is 5.73 Å². The van der Waals surface area contributed by atoms with Crippen LogP contribution in [0.2, 0.25) is 0 Å². The number of amides is 2. The van der Waals surface area contributed by atoms with Gasteiger partial charge in [0.05, 0.1) is 13.5 Å². The topological polar surface area (TPSA) is 91.7 Å². The van der Waals surface area contributed by atoms with Crippen molar-refractivity contribution in [3.8, 4) is 0 Å². The summed E-state index contributed by atoms with van der Waals surface area (Å²) in [6.07, 6.45) is 4.37. The van der Waals surface area contributed by atoms with Gasteiger partial charge in [-0.15, -0.1) is 0 Å². The first-order chi connectivity index (χ1) is 13.5. The molecule has 2 amide bonds. The van der Waals surface area contributed by atoms with Crippen LogP contribution in [0, 0.1) is 5.92 Å². The molecule has 2 aromatic rings. The molecule has 0 radical (unpaired) electrons. The fourth-order valence-corrected chi connectivity index (χ4v) is 5.12. The Morgan fingerprint density at radius 1 is 1.39 bits per heavy atom. The highest BCUT2D eigenvalue weighted by Gasteiger charge is 2.39. The van der Waals surface area contributed by atoms with Crippen molar-refractivity contribution in [2.24, 2.45) is 11.7 Å². The zero-order valence-electron chi connectivity index (χ0n) is 16.5. The van der Waals surface area contributed by atoms with E-state index in [1.807, 2.05) is 0 Å². The third-order valence-corrected chi connectivity index (χ3v) is 6.42. The molecule has 150 valence electrons. The van der Waals surface area contributed by atoms with Crippen molar-refractivity contribution in [2.45, 2.75) is 31.2 Å². The highest BCUT2D eigenvalue weighted by Crippen LogP contribution is 2.44. The molecule has 3 N–H and O–H groups in total. The number of benzene rings is 1. The molecular formula is C21H28N4O3. The first-order valence-corrected chi connectivity index (χ1v) is 9.88. The minimum atomic E-state index is -0.479. The molecule has 2 heterocycles. The van der Waals surface area contributed by atoms with Crippen molar-refractivity contribution in [3.63, 3.8) is 0 Å². The maximum absolute atomic E-state index is 11.9. The summed E-state index contributed by atoms with van der Waals surface area (Å²) < 4.78 is 4.69. The molecule has 1 aliphatic carbocycles. The number of nitrogens with two attached hydrogens (primary N) is 1. The smallest absolute Gasteiger partial charge is 0.314 e. The van der Waals surface area contributed by atoms with Crippen molar-refractivity contribution in [2.75, 3.05) is 33.8 Å². The summed E-state index contributed by atoms with van der Waals surface area (Å²) in [7, 11) is 3.52. The van der Waals surface area contributed by atoms with Crippen molar-refractivity contribution in [1.82, 2.24) is 14.8 Å². The van der Waals surface area contributed by atoms with Crippen molar-refractivity contribution < 1.29 is 14.3 Å². The highest BCUT2D eigenvalue weighted by atomic mass is 16.5. The summed E-state index contributed by atoms with van der Waals surface area (Å²) in [6.45, 7) is 1.78. The standard InChI is InChI=1S/C21H28N4O3/c1-24-11-13(12-25(21(22)27)7-6-19(26)28-2)8-16-15-4-3-5-17-20(15)14(10-23-17)9-18(16)24/h3-5,10,13,16,18,23H,6-9,11-12H2,1-2H3,(H2,22,27)/t13?,16-,18-/m1/s1. The first kappa shape index (κ1) is 18.8. The van der Waals surface area contributed by atoms with E-state index in [9.17, 15) is 9.59 Å². The van der Waals surface area contributed by atoms with Gasteiger partial charge in [0.1, 0.15) is 0 Å². The number of likely N-dealkylation sites (tertiary alicyclic amines) is 1. The number of methoxy groups -OCH3 is 1. The number of esters is 1. The molecule has 28 heavy (non-hydrogen) atoms. The van der Waals surface area contributed by atoms with Crippen LogP contribution in [0.1, 0.15) is 29.9 Å². The summed E-state index contributed by atoms with van der Waals surface area (Å²) in [4.78, 5) is 30.8. The quantitative estimate of drug-likeness (QED) is 0.772. The van der Waals surface area contributed by atoms with E-state index in [0.717, 1.165) is 19.4 Å². The van der Waals surface area contributed by atoms with Crippen LogP contribution in [0.3, 0.4) is 0 Å². The molecule has 1 aromatic heterocycles. The van der Waals surface area contributed by atoms with E-state index in [-0.39, 0.29) is 12.4 Å². The second kappa shape index (κ2) is 7.47. The molecule has 7 nitrogen and oxygen atoms in total. The summed E-state index contributed by atoms with van der Waals surface area (Å²) in [5, 5.41) is 1.37. The van der Waals surface area contributed by atoms with Gasteiger partial charge >= 0.3 is 12.0 Å². The minimum Gasteiger partial charge on any atom is -0.469 e. The Bertz CT molecular complexity index is 893. The van der Waals surface area contributed by atoms with E-state index in [1.165, 1.54) is 29.1 Å². The maximum atomic E-state index is 11.9. The molecule has 1 unspecified atom stereocenters. The van der Waals surface area contributed by atoms with Crippen LogP contribution in [0.4, 0.5) is 4.79 Å². The van der Waals surface area contributed by atoms with Crippen molar-refractivity contribution in [1.29, 1.82) is 0 Å². The van der Waals surface area contributed by atoms with E-state index >= 15 is 0 Å². The molecule has 3 atom stereocenters. The lowest BCUT2D eigenvalue weighted by Crippen LogP contribution is -2.51. The second-order valence-corrected chi connectivity index (χ2v) is 8.11. The zero-order chi connectivity index (χ0) is 19.8. The molecule has 0 spiro atoms. The molecule has 1 aliphatic heterocycles. The van der Waals surface area contributed by atoms with Gasteiger partial charge in [0.2, 0.25) is 0 Å². The van der Waals surface area contributed by atoms with Crippen LogP contribution >= 0.6 is 0 Å². The number of primary amides is 1. The van der Waals surface area contributed by atoms with Crippen LogP contribution in [-0.2, 0) is 16.0 Å². The van der Waals surface area contributed by atoms with E-state index in [0.29, 0.717) is 31.0 Å². The normalized spacial score (nSPS) is 24.0. The minimum absolute atomic E-state index is 0.167. The Hall–Kier alpha value is -2.54. The van der Waals surface area contributed by atoms with Gasteiger partial charge in [-0.2, -0.15) is 0 Å². The van der Waals surface area contributed by atoms with Gasteiger partial charge in [0.15, 0.2) is 0 Å². The molecule has 4 rings (SSSR count). The summed E-state index contributed by atoms with van der Waals surface area (Å²) in [5.41, 5.74) is 9.58. The van der Waals surface area contributed by atoms with Gasteiger partial charge in [-0.05, 0) is 43.0 Å². The Kier molecular flexibility index (Phi) is 5.02. The maximum Gasteiger partial charge on any atom is 0.314 e. The lowest BCUT2D eigenvalue weighted by Gasteiger charge is -2.46. The number of carbonyl (C=O) groups excluding carboxylic acids is 2. The lowest BCUT2D eigenvalue weighted by atomic mass is 9.72. The molecule has 2 aliphatic rings. The predicted octanol–water partition coefficient (Wildman–Crippen LogP) is 2.07. The number of hydrogen-bond donors (Lipinski definition) is 2. The predicted molar refractivity (Wildman–Crippen MR) is 107 cm³/mol. The fourth-order valence-electron chi connectivity index (χ4n) is 5.12. The van der Waals surface area contributed by atoms with Gasteiger partial charge in [0.25, 0.3) is 0 Å². The van der Waals surface area contributed by atoms with E-state index in [2.05, 4.69) is 46.1 Å². The van der Waals surface area contributed by atoms with Crippen LogP contribution in [0.15, 0.2) is 24.4 Å². The highest BCUT2D eigenvalue weighted by molar-refractivity contribution is 5.88. The lowest BCUT2D eigenvalue weighted by molar-refractivity contribution is -0.140. The summed E-state index contributed by atoms with van der Waals surface area (Å²) in [6, 6.07) is 6.50. The monoisotopic (exact) mass is 384 g/mol. The van der Waals surface area contributed by atoms with E-state index in [4.69, 9.17) is 5.73 Å². The van der Waals surface area contributed by atoms with Gasteiger partial charge in [-0.1, -0.05) is 12.1 Å². The number of aromatic nitrogens is 1. The van der Waals surface area contributed by atoms with Crippen molar-refractivity contribution >= 4 is 22.9 Å². The molecule has 0 saturated carbocycles. The Balaban J connectivity index is 1.53. The largest absolute Gasteiger partial charge is 0.469 e.